The van der Waals surface area contributed by atoms with E-state index in [-0.39, 0.29) is 6.10 Å². The molecule has 0 aliphatic rings. The van der Waals surface area contributed by atoms with Crippen LogP contribution < -0.4 is 5.73 Å². The van der Waals surface area contributed by atoms with Gasteiger partial charge in [-0.2, -0.15) is 11.8 Å². The number of methoxy groups -OCH3 is 1. The topological polar surface area (TPSA) is 64.7 Å². The zero-order valence-electron chi connectivity index (χ0n) is 10.5. The smallest absolute Gasteiger partial charge is 0.0863 e. The largest absolute Gasteiger partial charge is 0.390 e. The second-order valence-electron chi connectivity index (χ2n) is 4.13. The summed E-state index contributed by atoms with van der Waals surface area (Å²) in [5, 5.41) is 9.63. The highest BCUT2D eigenvalue weighted by atomic mass is 32.2. The van der Waals surface area contributed by atoms with Crippen molar-refractivity contribution in [3.05, 3.63) is 0 Å². The summed E-state index contributed by atoms with van der Waals surface area (Å²) >= 11 is 1.72. The van der Waals surface area contributed by atoms with Crippen LogP contribution in [0, 0.1) is 5.92 Å². The number of thioether (sulfide) groups is 1. The van der Waals surface area contributed by atoms with Crippen molar-refractivity contribution >= 4 is 11.8 Å². The van der Waals surface area contributed by atoms with Gasteiger partial charge in [-0.25, -0.2) is 0 Å². The molecular weight excluding hydrogens is 226 g/mol. The minimum absolute atomic E-state index is 0.0348. The van der Waals surface area contributed by atoms with Gasteiger partial charge in [-0.3, -0.25) is 0 Å². The van der Waals surface area contributed by atoms with Gasteiger partial charge in [0.15, 0.2) is 0 Å². The maximum Gasteiger partial charge on any atom is 0.0863 e. The van der Waals surface area contributed by atoms with Gasteiger partial charge in [0.05, 0.1) is 25.4 Å². The summed E-state index contributed by atoms with van der Waals surface area (Å²) < 4.78 is 10.4. The van der Waals surface area contributed by atoms with Crippen LogP contribution in [-0.2, 0) is 9.47 Å². The van der Waals surface area contributed by atoms with Crippen molar-refractivity contribution in [3.63, 3.8) is 0 Å². The first-order valence-corrected chi connectivity index (χ1v) is 6.82. The van der Waals surface area contributed by atoms with Crippen molar-refractivity contribution in [1.29, 1.82) is 0 Å². The van der Waals surface area contributed by atoms with Crippen molar-refractivity contribution in [2.75, 3.05) is 38.4 Å². The average molecular weight is 251 g/mol. The SMILES string of the molecule is COCC(C)OCC(O)CSCC(C)CN. The Hall–Kier alpha value is 0.190. The molecule has 0 saturated carbocycles. The molecule has 0 spiro atoms. The van der Waals surface area contributed by atoms with Gasteiger partial charge in [0.2, 0.25) is 0 Å². The summed E-state index contributed by atoms with van der Waals surface area (Å²) in [7, 11) is 1.64. The molecule has 0 bridgehead atoms. The van der Waals surface area contributed by atoms with E-state index in [9.17, 15) is 5.11 Å². The zero-order valence-corrected chi connectivity index (χ0v) is 11.3. The maximum atomic E-state index is 9.63. The van der Waals surface area contributed by atoms with Crippen molar-refractivity contribution in [2.24, 2.45) is 11.7 Å². The molecule has 5 heteroatoms. The lowest BCUT2D eigenvalue weighted by molar-refractivity contribution is -0.0257. The Morgan fingerprint density at radius 3 is 2.50 bits per heavy atom. The number of hydrogen-bond donors (Lipinski definition) is 2. The van der Waals surface area contributed by atoms with Crippen molar-refractivity contribution in [2.45, 2.75) is 26.1 Å². The molecule has 4 nitrogen and oxygen atoms in total. The van der Waals surface area contributed by atoms with Crippen LogP contribution in [0.25, 0.3) is 0 Å². The molecule has 3 atom stereocenters. The molecule has 0 aliphatic heterocycles. The van der Waals surface area contributed by atoms with Gasteiger partial charge < -0.3 is 20.3 Å². The van der Waals surface area contributed by atoms with Crippen LogP contribution >= 0.6 is 11.8 Å². The molecule has 0 aromatic carbocycles. The monoisotopic (exact) mass is 251 g/mol. The normalized spacial score (nSPS) is 17.1. The quantitative estimate of drug-likeness (QED) is 0.599. The van der Waals surface area contributed by atoms with E-state index in [1.54, 1.807) is 18.9 Å². The molecular formula is C11H25NO3S. The molecule has 0 saturated heterocycles. The predicted molar refractivity (Wildman–Crippen MR) is 68.8 cm³/mol. The fourth-order valence-corrected chi connectivity index (χ4v) is 2.12. The number of rotatable bonds is 10. The van der Waals surface area contributed by atoms with Crippen molar-refractivity contribution in [3.8, 4) is 0 Å². The molecule has 0 aliphatic carbocycles. The van der Waals surface area contributed by atoms with E-state index in [4.69, 9.17) is 15.2 Å². The number of aliphatic hydroxyl groups excluding tert-OH is 1. The molecule has 0 fully saturated rings. The van der Waals surface area contributed by atoms with E-state index in [2.05, 4.69) is 6.92 Å². The lowest BCUT2D eigenvalue weighted by Gasteiger charge is -2.16. The van der Waals surface area contributed by atoms with Crippen LogP contribution in [0.4, 0.5) is 0 Å². The van der Waals surface area contributed by atoms with Gasteiger partial charge in [-0.05, 0) is 25.1 Å². The fourth-order valence-electron chi connectivity index (χ4n) is 1.08. The van der Waals surface area contributed by atoms with E-state index < -0.39 is 6.10 Å². The maximum absolute atomic E-state index is 9.63. The lowest BCUT2D eigenvalue weighted by Crippen LogP contribution is -2.25. The van der Waals surface area contributed by atoms with Gasteiger partial charge in [0.1, 0.15) is 0 Å². The number of ether oxygens (including phenoxy) is 2. The van der Waals surface area contributed by atoms with Crippen LogP contribution in [0.2, 0.25) is 0 Å². The molecule has 3 N–H and O–H groups in total. The third-order valence-corrected chi connectivity index (χ3v) is 3.51. The van der Waals surface area contributed by atoms with Gasteiger partial charge >= 0.3 is 0 Å². The molecule has 0 heterocycles. The minimum atomic E-state index is -0.408. The van der Waals surface area contributed by atoms with Crippen LogP contribution in [0.5, 0.6) is 0 Å². The Labute approximate surface area is 103 Å². The second-order valence-corrected chi connectivity index (χ2v) is 5.21. The summed E-state index contributed by atoms with van der Waals surface area (Å²) in [6, 6.07) is 0. The third kappa shape index (κ3) is 9.42. The first kappa shape index (κ1) is 16.2. The molecule has 98 valence electrons. The van der Waals surface area contributed by atoms with Gasteiger partial charge in [0, 0.05) is 12.9 Å². The Morgan fingerprint density at radius 2 is 1.94 bits per heavy atom. The van der Waals surface area contributed by atoms with Crippen LogP contribution in [0.3, 0.4) is 0 Å². The molecule has 3 unspecified atom stereocenters. The van der Waals surface area contributed by atoms with E-state index in [1.807, 2.05) is 6.92 Å². The first-order valence-electron chi connectivity index (χ1n) is 5.66. The molecule has 0 aromatic rings. The highest BCUT2D eigenvalue weighted by Gasteiger charge is 2.09. The highest BCUT2D eigenvalue weighted by molar-refractivity contribution is 7.99. The summed E-state index contributed by atoms with van der Waals surface area (Å²) in [5.74, 6) is 2.19. The first-order chi connectivity index (χ1) is 7.60. The van der Waals surface area contributed by atoms with E-state index in [0.717, 1.165) is 5.75 Å². The van der Waals surface area contributed by atoms with E-state index in [0.29, 0.717) is 31.4 Å². The van der Waals surface area contributed by atoms with Crippen molar-refractivity contribution in [1.82, 2.24) is 0 Å². The Morgan fingerprint density at radius 1 is 1.25 bits per heavy atom. The van der Waals surface area contributed by atoms with E-state index >= 15 is 0 Å². The summed E-state index contributed by atoms with van der Waals surface area (Å²) in [6.45, 7) is 5.67. The third-order valence-electron chi connectivity index (χ3n) is 2.09. The lowest BCUT2D eigenvalue weighted by atomic mass is 10.2. The van der Waals surface area contributed by atoms with Crippen LogP contribution in [0.15, 0.2) is 0 Å². The predicted octanol–water partition coefficient (Wildman–Crippen LogP) is 0.727. The average Bonchev–Trinajstić information content (AvgIpc) is 2.26. The Bertz CT molecular complexity index is 160. The van der Waals surface area contributed by atoms with Gasteiger partial charge in [0.25, 0.3) is 0 Å². The van der Waals surface area contributed by atoms with Gasteiger partial charge in [-0.1, -0.05) is 6.92 Å². The molecule has 16 heavy (non-hydrogen) atoms. The second kappa shape index (κ2) is 10.4. The number of nitrogens with two attached hydrogens (primary N) is 1. The molecule has 0 radical (unpaired) electrons. The minimum Gasteiger partial charge on any atom is -0.390 e. The summed E-state index contributed by atoms with van der Waals surface area (Å²) in [5.41, 5.74) is 5.51. The summed E-state index contributed by atoms with van der Waals surface area (Å²) in [6.07, 6.45) is -0.373. The number of hydrogen-bond acceptors (Lipinski definition) is 5. The van der Waals surface area contributed by atoms with Crippen LogP contribution in [-0.4, -0.2) is 55.7 Å². The van der Waals surface area contributed by atoms with Crippen LogP contribution in [0.1, 0.15) is 13.8 Å². The van der Waals surface area contributed by atoms with Gasteiger partial charge in [-0.15, -0.1) is 0 Å². The van der Waals surface area contributed by atoms with Crippen molar-refractivity contribution < 1.29 is 14.6 Å². The Balaban J connectivity index is 3.40. The summed E-state index contributed by atoms with van der Waals surface area (Å²) in [4.78, 5) is 0. The molecule has 0 aromatic heterocycles. The Kier molecular flexibility index (Phi) is 10.5. The fraction of sp³-hybridized carbons (Fsp3) is 1.00. The standard InChI is InChI=1S/C11H25NO3S/c1-9(4-12)7-16-8-11(13)6-15-10(2)5-14-3/h9-11,13H,4-8,12H2,1-3H3. The highest BCUT2D eigenvalue weighted by Crippen LogP contribution is 2.09. The molecule has 0 rings (SSSR count). The molecule has 0 amide bonds. The van der Waals surface area contributed by atoms with E-state index in [1.165, 1.54) is 0 Å². The zero-order chi connectivity index (χ0) is 12.4. The number of aliphatic hydroxyl groups is 1.